The zero-order valence-electron chi connectivity index (χ0n) is 31.4. The van der Waals surface area contributed by atoms with E-state index in [0.717, 1.165) is 0 Å². The lowest BCUT2D eigenvalue weighted by Crippen LogP contribution is -2.58. The minimum Gasteiger partial charge on any atom is -0.0730 e. The van der Waals surface area contributed by atoms with Gasteiger partial charge in [-0.15, -0.1) is 0 Å². The Kier molecular flexibility index (Phi) is 12.2. The van der Waals surface area contributed by atoms with Crippen molar-refractivity contribution in [2.24, 2.45) is 0 Å². The first-order chi connectivity index (χ1) is 20.5. The largest absolute Gasteiger partial charge is 0.0781 e. The lowest BCUT2D eigenvalue weighted by atomic mass is 9.79. The van der Waals surface area contributed by atoms with Gasteiger partial charge in [-0.3, -0.25) is 0 Å². The Balaban J connectivity index is 2.73. The Morgan fingerprint density at radius 1 is 0.500 bits per heavy atom. The third-order valence-electron chi connectivity index (χ3n) is 10.5. The first-order valence-corrected chi connectivity index (χ1v) is 23.7. The van der Waals surface area contributed by atoms with Gasteiger partial charge < -0.3 is 0 Å². The molecule has 0 saturated heterocycles. The highest BCUT2D eigenvalue weighted by atomic mass is 29.2. The van der Waals surface area contributed by atoms with Crippen LogP contribution in [0.15, 0.2) is 42.5 Å². The van der Waals surface area contributed by atoms with Gasteiger partial charge in [0, 0.05) is 8.31 Å². The Morgan fingerprint density at radius 2 is 0.795 bits per heavy atom. The molecule has 0 amide bonds. The van der Waals surface area contributed by atoms with Crippen LogP contribution in [0.2, 0.25) is 25.2 Å². The molecule has 1 radical (unpaired) electrons. The van der Waals surface area contributed by atoms with Crippen molar-refractivity contribution in [3.8, 4) is 22.3 Å². The van der Waals surface area contributed by atoms with Gasteiger partial charge in [0.25, 0.3) is 0 Å². The Morgan fingerprint density at radius 3 is 1.00 bits per heavy atom. The molecule has 3 aromatic rings. The fourth-order valence-corrected chi connectivity index (χ4v) is 18.7. The number of benzene rings is 3. The fourth-order valence-electron chi connectivity index (χ4n) is 7.58. The molecule has 0 bridgehead atoms. The predicted octanol–water partition coefficient (Wildman–Crippen LogP) is 13.3. The van der Waals surface area contributed by atoms with Gasteiger partial charge in [-0.1, -0.05) is 165 Å². The summed E-state index contributed by atoms with van der Waals surface area (Å²) < 4.78 is 0. The monoisotopic (exact) mass is 625 g/mol. The topological polar surface area (TPSA) is 0 Å². The molecule has 0 N–H and O–H groups in total. The molecule has 0 aliphatic carbocycles. The number of rotatable bonds is 12. The molecule has 0 spiro atoms. The second-order valence-electron chi connectivity index (χ2n) is 15.6. The quantitative estimate of drug-likeness (QED) is 0.176. The van der Waals surface area contributed by atoms with Crippen LogP contribution < -0.4 is 5.19 Å². The summed E-state index contributed by atoms with van der Waals surface area (Å²) in [6.45, 7) is 39.0. The first kappa shape index (κ1) is 36.6. The van der Waals surface area contributed by atoms with Crippen molar-refractivity contribution in [3.63, 3.8) is 0 Å². The van der Waals surface area contributed by atoms with Crippen LogP contribution in [0.5, 0.6) is 0 Å². The highest BCUT2D eigenvalue weighted by Crippen LogP contribution is 2.44. The van der Waals surface area contributed by atoms with Crippen molar-refractivity contribution in [1.82, 2.24) is 0 Å². The molecular weight excluding hydrogens is 561 g/mol. The molecule has 0 nitrogen and oxygen atoms in total. The van der Waals surface area contributed by atoms with Gasteiger partial charge in [0.2, 0.25) is 0 Å². The standard InChI is InChI=1S/C42H65Si2/c1-17-44(18-2,43(15)16)42-34(40-36(28(7)8)22-32(26(3)4)23-37(40)29(9)10)20-19-21-35(42)41-38(30(11)12)24-33(27(5)6)25-39(41)31(13)14/h19-31H,17-18H2,1-16H3. The van der Waals surface area contributed by atoms with E-state index in [4.69, 9.17) is 0 Å². The summed E-state index contributed by atoms with van der Waals surface area (Å²) in [5, 5.41) is 1.77. The average Bonchev–Trinajstić information content (AvgIpc) is 2.96. The highest BCUT2D eigenvalue weighted by Gasteiger charge is 2.41. The third-order valence-corrected chi connectivity index (χ3v) is 24.9. The van der Waals surface area contributed by atoms with E-state index in [2.05, 4.69) is 152 Å². The molecule has 0 aliphatic rings. The maximum atomic E-state index is 2.63. The molecule has 241 valence electrons. The molecule has 3 aromatic carbocycles. The van der Waals surface area contributed by atoms with Gasteiger partial charge >= 0.3 is 0 Å². The molecule has 0 aliphatic heterocycles. The zero-order chi connectivity index (χ0) is 33.3. The summed E-state index contributed by atoms with van der Waals surface area (Å²) in [6, 6.07) is 20.4. The van der Waals surface area contributed by atoms with Crippen LogP contribution in [0, 0.1) is 0 Å². The van der Waals surface area contributed by atoms with E-state index < -0.39 is 15.9 Å². The van der Waals surface area contributed by atoms with Gasteiger partial charge in [-0.2, -0.15) is 0 Å². The molecule has 3 rings (SSSR count). The summed E-state index contributed by atoms with van der Waals surface area (Å²) in [7, 11) is -2.43. The van der Waals surface area contributed by atoms with E-state index in [1.807, 2.05) is 0 Å². The van der Waals surface area contributed by atoms with Gasteiger partial charge in [-0.25, -0.2) is 0 Å². The molecule has 2 heteroatoms. The maximum Gasteiger partial charge on any atom is 0.0781 e. The van der Waals surface area contributed by atoms with Crippen LogP contribution >= 0.6 is 0 Å². The number of hydrogen-bond acceptors (Lipinski definition) is 0. The predicted molar refractivity (Wildman–Crippen MR) is 206 cm³/mol. The average molecular weight is 626 g/mol. The molecule has 0 atom stereocenters. The minimum absolute atomic E-state index is 0.466. The molecule has 0 saturated carbocycles. The summed E-state index contributed by atoms with van der Waals surface area (Å²) in [5.41, 5.74) is 15.3. The van der Waals surface area contributed by atoms with E-state index in [-0.39, 0.29) is 0 Å². The van der Waals surface area contributed by atoms with Crippen LogP contribution in [0.4, 0.5) is 0 Å². The molecule has 44 heavy (non-hydrogen) atoms. The maximum absolute atomic E-state index is 2.63. The second-order valence-corrected chi connectivity index (χ2v) is 27.5. The van der Waals surface area contributed by atoms with E-state index in [1.54, 1.807) is 27.4 Å². The van der Waals surface area contributed by atoms with Gasteiger partial charge in [0.1, 0.15) is 0 Å². The van der Waals surface area contributed by atoms with Crippen molar-refractivity contribution in [1.29, 1.82) is 0 Å². The Labute approximate surface area is 275 Å². The van der Waals surface area contributed by atoms with Crippen molar-refractivity contribution in [3.05, 3.63) is 75.8 Å². The van der Waals surface area contributed by atoms with Crippen LogP contribution in [0.1, 0.15) is 166 Å². The summed E-state index contributed by atoms with van der Waals surface area (Å²) in [5.74, 6) is 2.90. The van der Waals surface area contributed by atoms with E-state index >= 15 is 0 Å². The molecule has 0 fully saturated rings. The Bertz CT molecular complexity index is 1260. The smallest absolute Gasteiger partial charge is 0.0730 e. The van der Waals surface area contributed by atoms with Gasteiger partial charge in [0.15, 0.2) is 0 Å². The molecule has 0 unspecified atom stereocenters. The number of hydrogen-bond donors (Lipinski definition) is 0. The van der Waals surface area contributed by atoms with E-state index in [0.29, 0.717) is 35.5 Å². The van der Waals surface area contributed by atoms with Crippen LogP contribution in [0.3, 0.4) is 0 Å². The summed E-state index contributed by atoms with van der Waals surface area (Å²) >= 11 is 0. The minimum atomic E-state index is -1.85. The second kappa shape index (κ2) is 14.7. The van der Waals surface area contributed by atoms with Crippen molar-refractivity contribution in [2.75, 3.05) is 0 Å². The SMILES string of the molecule is CC[Si](CC)(c1c(-c2c(C(C)C)cc(C(C)C)cc2C(C)C)cccc1-c1c(C(C)C)cc(C(C)C)cc1C(C)C)[Si](C)C. The van der Waals surface area contributed by atoms with Gasteiger partial charge in [0.05, 0.1) is 7.59 Å². The Hall–Kier alpha value is -1.91. The van der Waals surface area contributed by atoms with E-state index in [1.165, 1.54) is 45.5 Å². The van der Waals surface area contributed by atoms with Gasteiger partial charge in [-0.05, 0) is 96.3 Å². The van der Waals surface area contributed by atoms with Crippen molar-refractivity contribution >= 4 is 21.1 Å². The van der Waals surface area contributed by atoms with Crippen LogP contribution in [-0.2, 0) is 0 Å². The summed E-state index contributed by atoms with van der Waals surface area (Å²) in [4.78, 5) is 0. The van der Waals surface area contributed by atoms with Crippen LogP contribution in [0.25, 0.3) is 22.3 Å². The van der Waals surface area contributed by atoms with Crippen molar-refractivity contribution < 1.29 is 0 Å². The first-order valence-electron chi connectivity index (χ1n) is 17.8. The molecular formula is C42H65Si2. The third kappa shape index (κ3) is 6.92. The van der Waals surface area contributed by atoms with Crippen LogP contribution in [-0.4, -0.2) is 15.9 Å². The normalized spacial score (nSPS) is 12.8. The van der Waals surface area contributed by atoms with E-state index in [9.17, 15) is 0 Å². The molecule has 0 aromatic heterocycles. The fraction of sp³-hybridized carbons (Fsp3) is 0.571. The lowest BCUT2D eigenvalue weighted by molar-refractivity contribution is 0.807. The van der Waals surface area contributed by atoms with Crippen molar-refractivity contribution in [2.45, 2.75) is 158 Å². The zero-order valence-corrected chi connectivity index (χ0v) is 33.4. The lowest BCUT2D eigenvalue weighted by Gasteiger charge is -2.39. The molecule has 0 heterocycles. The summed E-state index contributed by atoms with van der Waals surface area (Å²) in [6.07, 6.45) is 0. The highest BCUT2D eigenvalue weighted by molar-refractivity contribution is 7.38.